The standard InChI is InChI=1S/C12H25N3O/c1-4-10(2)13-9-12(16)14-11-5-7-15(3)8-6-11/h10-11,13H,4-9H2,1-3H3,(H,14,16). The van der Waals surface area contributed by atoms with Crippen molar-refractivity contribution < 1.29 is 4.79 Å². The van der Waals surface area contributed by atoms with Crippen molar-refractivity contribution in [3.63, 3.8) is 0 Å². The molecule has 1 aliphatic rings. The first-order chi connectivity index (χ1) is 7.61. The molecule has 0 saturated carbocycles. The third-order valence-electron chi connectivity index (χ3n) is 3.31. The molecule has 1 amide bonds. The fourth-order valence-corrected chi connectivity index (χ4v) is 1.84. The van der Waals surface area contributed by atoms with Crippen LogP contribution < -0.4 is 10.6 Å². The lowest BCUT2D eigenvalue weighted by atomic mass is 10.1. The molecule has 0 aromatic rings. The maximum absolute atomic E-state index is 11.6. The lowest BCUT2D eigenvalue weighted by Gasteiger charge is -2.29. The van der Waals surface area contributed by atoms with Crippen molar-refractivity contribution >= 4 is 5.91 Å². The Kier molecular flexibility index (Phi) is 5.77. The van der Waals surface area contributed by atoms with E-state index >= 15 is 0 Å². The monoisotopic (exact) mass is 227 g/mol. The van der Waals surface area contributed by atoms with Gasteiger partial charge >= 0.3 is 0 Å². The Morgan fingerprint density at radius 3 is 2.62 bits per heavy atom. The number of piperidine rings is 1. The van der Waals surface area contributed by atoms with Crippen molar-refractivity contribution in [3.8, 4) is 0 Å². The van der Waals surface area contributed by atoms with Crippen LogP contribution in [0.3, 0.4) is 0 Å². The Balaban J connectivity index is 2.14. The van der Waals surface area contributed by atoms with E-state index in [1.54, 1.807) is 0 Å². The summed E-state index contributed by atoms with van der Waals surface area (Å²) in [6, 6.07) is 0.797. The fourth-order valence-electron chi connectivity index (χ4n) is 1.84. The van der Waals surface area contributed by atoms with Gasteiger partial charge < -0.3 is 15.5 Å². The summed E-state index contributed by atoms with van der Waals surface area (Å²) in [7, 11) is 2.13. The molecular weight excluding hydrogens is 202 g/mol. The minimum Gasteiger partial charge on any atom is -0.352 e. The van der Waals surface area contributed by atoms with Crippen molar-refractivity contribution in [2.45, 2.75) is 45.2 Å². The summed E-state index contributed by atoms with van der Waals surface area (Å²) < 4.78 is 0. The SMILES string of the molecule is CCC(C)NCC(=O)NC1CCN(C)CC1. The highest BCUT2D eigenvalue weighted by molar-refractivity contribution is 5.78. The van der Waals surface area contributed by atoms with E-state index in [-0.39, 0.29) is 5.91 Å². The Hall–Kier alpha value is -0.610. The second-order valence-corrected chi connectivity index (χ2v) is 4.84. The molecule has 0 aromatic heterocycles. The summed E-state index contributed by atoms with van der Waals surface area (Å²) in [5, 5.41) is 6.30. The Morgan fingerprint density at radius 1 is 1.44 bits per heavy atom. The minimum atomic E-state index is 0.134. The van der Waals surface area contributed by atoms with Crippen LogP contribution in [0, 0.1) is 0 Å². The van der Waals surface area contributed by atoms with Crippen molar-refractivity contribution in [2.24, 2.45) is 0 Å². The van der Waals surface area contributed by atoms with Gasteiger partial charge in [0.05, 0.1) is 6.54 Å². The molecule has 0 aromatic carbocycles. The molecule has 1 rings (SSSR count). The summed E-state index contributed by atoms with van der Waals surface area (Å²) in [5.41, 5.74) is 0. The molecule has 0 bridgehead atoms. The summed E-state index contributed by atoms with van der Waals surface area (Å²) in [6.07, 6.45) is 3.21. The number of amides is 1. The van der Waals surface area contributed by atoms with Crippen LogP contribution in [-0.2, 0) is 4.79 Å². The molecule has 1 saturated heterocycles. The van der Waals surface area contributed by atoms with Gasteiger partial charge in [0.1, 0.15) is 0 Å². The summed E-state index contributed by atoms with van der Waals surface area (Å²) >= 11 is 0. The molecule has 0 spiro atoms. The lowest BCUT2D eigenvalue weighted by Crippen LogP contribution is -2.46. The number of carbonyl (C=O) groups is 1. The quantitative estimate of drug-likeness (QED) is 0.722. The first-order valence-corrected chi connectivity index (χ1v) is 6.33. The number of hydrogen-bond donors (Lipinski definition) is 2. The number of hydrogen-bond acceptors (Lipinski definition) is 3. The zero-order valence-corrected chi connectivity index (χ0v) is 10.8. The lowest BCUT2D eigenvalue weighted by molar-refractivity contribution is -0.121. The first kappa shape index (κ1) is 13.5. The predicted molar refractivity (Wildman–Crippen MR) is 66.4 cm³/mol. The average Bonchev–Trinajstić information content (AvgIpc) is 2.29. The van der Waals surface area contributed by atoms with E-state index in [4.69, 9.17) is 0 Å². The first-order valence-electron chi connectivity index (χ1n) is 6.33. The number of carbonyl (C=O) groups excluding carboxylic acids is 1. The van der Waals surface area contributed by atoms with Crippen LogP contribution in [0.2, 0.25) is 0 Å². The normalized spacial score (nSPS) is 20.7. The number of nitrogens with one attached hydrogen (secondary N) is 2. The Bertz CT molecular complexity index is 212. The molecule has 4 heteroatoms. The van der Waals surface area contributed by atoms with Crippen LogP contribution in [0.4, 0.5) is 0 Å². The second kappa shape index (κ2) is 6.86. The third kappa shape index (κ3) is 4.94. The van der Waals surface area contributed by atoms with Gasteiger partial charge in [0.15, 0.2) is 0 Å². The molecule has 0 radical (unpaired) electrons. The molecule has 1 atom stereocenters. The van der Waals surface area contributed by atoms with Crippen LogP contribution >= 0.6 is 0 Å². The van der Waals surface area contributed by atoms with Crippen LogP contribution in [0.1, 0.15) is 33.1 Å². The van der Waals surface area contributed by atoms with Gasteiger partial charge in [-0.3, -0.25) is 4.79 Å². The molecule has 2 N–H and O–H groups in total. The van der Waals surface area contributed by atoms with Crippen LogP contribution in [0.25, 0.3) is 0 Å². The van der Waals surface area contributed by atoms with E-state index in [2.05, 4.69) is 36.4 Å². The Morgan fingerprint density at radius 2 is 2.06 bits per heavy atom. The van der Waals surface area contributed by atoms with E-state index in [9.17, 15) is 4.79 Å². The summed E-state index contributed by atoms with van der Waals surface area (Å²) in [4.78, 5) is 13.9. The highest BCUT2D eigenvalue weighted by Crippen LogP contribution is 2.07. The molecule has 0 aliphatic carbocycles. The van der Waals surface area contributed by atoms with E-state index in [1.165, 1.54) is 0 Å². The molecule has 94 valence electrons. The van der Waals surface area contributed by atoms with Crippen LogP contribution in [-0.4, -0.2) is 49.6 Å². The molecule has 1 heterocycles. The number of rotatable bonds is 5. The maximum atomic E-state index is 11.6. The molecule has 1 fully saturated rings. The highest BCUT2D eigenvalue weighted by atomic mass is 16.2. The van der Waals surface area contributed by atoms with Crippen molar-refractivity contribution in [3.05, 3.63) is 0 Å². The van der Waals surface area contributed by atoms with E-state index in [1.807, 2.05) is 0 Å². The largest absolute Gasteiger partial charge is 0.352 e. The van der Waals surface area contributed by atoms with E-state index in [0.29, 0.717) is 18.6 Å². The molecular formula is C12H25N3O. The fraction of sp³-hybridized carbons (Fsp3) is 0.917. The average molecular weight is 227 g/mol. The third-order valence-corrected chi connectivity index (χ3v) is 3.31. The zero-order chi connectivity index (χ0) is 12.0. The smallest absolute Gasteiger partial charge is 0.234 e. The van der Waals surface area contributed by atoms with Gasteiger partial charge in [-0.2, -0.15) is 0 Å². The van der Waals surface area contributed by atoms with Gasteiger partial charge in [0.2, 0.25) is 5.91 Å². The summed E-state index contributed by atoms with van der Waals surface area (Å²) in [6.45, 7) is 6.84. The highest BCUT2D eigenvalue weighted by Gasteiger charge is 2.18. The molecule has 1 aliphatic heterocycles. The summed E-state index contributed by atoms with van der Waals surface area (Å²) in [5.74, 6) is 0.134. The molecule has 16 heavy (non-hydrogen) atoms. The second-order valence-electron chi connectivity index (χ2n) is 4.84. The van der Waals surface area contributed by atoms with Crippen molar-refractivity contribution in [1.82, 2.24) is 15.5 Å². The van der Waals surface area contributed by atoms with Gasteiger partial charge in [-0.15, -0.1) is 0 Å². The van der Waals surface area contributed by atoms with Crippen LogP contribution in [0.5, 0.6) is 0 Å². The van der Waals surface area contributed by atoms with Crippen molar-refractivity contribution in [2.75, 3.05) is 26.7 Å². The van der Waals surface area contributed by atoms with Crippen molar-refractivity contribution in [1.29, 1.82) is 0 Å². The van der Waals surface area contributed by atoms with Gasteiger partial charge in [0.25, 0.3) is 0 Å². The zero-order valence-electron chi connectivity index (χ0n) is 10.8. The number of nitrogens with zero attached hydrogens (tertiary/aromatic N) is 1. The van der Waals surface area contributed by atoms with Gasteiger partial charge in [-0.25, -0.2) is 0 Å². The van der Waals surface area contributed by atoms with E-state index < -0.39 is 0 Å². The molecule has 4 nitrogen and oxygen atoms in total. The topological polar surface area (TPSA) is 44.4 Å². The number of likely N-dealkylation sites (tertiary alicyclic amines) is 1. The van der Waals surface area contributed by atoms with Gasteiger partial charge in [0, 0.05) is 12.1 Å². The van der Waals surface area contributed by atoms with Crippen LogP contribution in [0.15, 0.2) is 0 Å². The maximum Gasteiger partial charge on any atom is 0.234 e. The van der Waals surface area contributed by atoms with Gasteiger partial charge in [-0.1, -0.05) is 6.92 Å². The predicted octanol–water partition coefficient (Wildman–Crippen LogP) is 0.585. The Labute approximate surface area is 98.8 Å². The minimum absolute atomic E-state index is 0.134. The van der Waals surface area contributed by atoms with E-state index in [0.717, 1.165) is 32.4 Å². The molecule has 1 unspecified atom stereocenters. The van der Waals surface area contributed by atoms with Gasteiger partial charge in [-0.05, 0) is 46.3 Å².